The molecule has 2 heteroatoms. The molecule has 0 amide bonds. The van der Waals surface area contributed by atoms with E-state index in [0.29, 0.717) is 0 Å². The Labute approximate surface area is 172 Å². The van der Waals surface area contributed by atoms with Gasteiger partial charge in [0.05, 0.1) is 0 Å². The van der Waals surface area contributed by atoms with Crippen LogP contribution in [-0.2, 0) is 13.1 Å². The molecule has 0 saturated carbocycles. The van der Waals surface area contributed by atoms with E-state index < -0.39 is 0 Å². The summed E-state index contributed by atoms with van der Waals surface area (Å²) in [5.41, 5.74) is 2.52. The number of unbranched alkanes of at least 4 members (excludes halogenated alkanes) is 8. The Morgan fingerprint density at radius 1 is 0.536 bits per heavy atom. The molecule has 0 bridgehead atoms. The molecule has 2 aromatic heterocycles. The van der Waals surface area contributed by atoms with Crippen molar-refractivity contribution in [1.82, 2.24) is 0 Å². The molecule has 0 atom stereocenters. The summed E-state index contributed by atoms with van der Waals surface area (Å²) < 4.78 is 4.60. The molecule has 0 fully saturated rings. The van der Waals surface area contributed by atoms with Crippen LogP contribution in [0.25, 0.3) is 12.2 Å². The standard InChI is InChI=1S/C26H40N2/c1-3-5-7-9-11-19-27-21-15-25(16-22-27)13-14-26-17-23-28(24-18-26)20-12-10-8-6-4-2/h13-18,21-24H,3-12,19-20H2,1-2H3/q+2. The maximum atomic E-state index is 2.30. The van der Waals surface area contributed by atoms with Crippen LogP contribution >= 0.6 is 0 Å². The van der Waals surface area contributed by atoms with Crippen LogP contribution in [0.5, 0.6) is 0 Å². The fourth-order valence-corrected chi connectivity index (χ4v) is 3.45. The molecular formula is C26H40N2+2. The van der Waals surface area contributed by atoms with E-state index in [2.05, 4.69) is 84.2 Å². The topological polar surface area (TPSA) is 7.76 Å². The second-order valence-corrected chi connectivity index (χ2v) is 7.90. The van der Waals surface area contributed by atoms with Gasteiger partial charge in [-0.1, -0.05) is 64.5 Å². The monoisotopic (exact) mass is 380 g/mol. The summed E-state index contributed by atoms with van der Waals surface area (Å²) in [6.45, 7) is 6.79. The highest BCUT2D eigenvalue weighted by molar-refractivity contribution is 5.68. The first-order valence-corrected chi connectivity index (χ1v) is 11.5. The lowest BCUT2D eigenvalue weighted by atomic mass is 10.1. The van der Waals surface area contributed by atoms with Crippen molar-refractivity contribution in [3.05, 3.63) is 60.2 Å². The van der Waals surface area contributed by atoms with Crippen molar-refractivity contribution in [2.75, 3.05) is 0 Å². The molecule has 2 heterocycles. The van der Waals surface area contributed by atoms with E-state index in [1.165, 1.54) is 75.3 Å². The number of pyridine rings is 2. The SMILES string of the molecule is CCCCCCC[n+]1ccc(C=Cc2cc[n+](CCCCCCC)cc2)cc1. The molecule has 0 saturated heterocycles. The maximum Gasteiger partial charge on any atom is 0.169 e. The van der Waals surface area contributed by atoms with Crippen LogP contribution in [0.4, 0.5) is 0 Å². The van der Waals surface area contributed by atoms with Gasteiger partial charge in [0.1, 0.15) is 13.1 Å². The highest BCUT2D eigenvalue weighted by Crippen LogP contribution is 2.07. The van der Waals surface area contributed by atoms with E-state index in [4.69, 9.17) is 0 Å². The molecule has 0 aliphatic carbocycles. The Morgan fingerprint density at radius 2 is 0.893 bits per heavy atom. The number of hydrogen-bond donors (Lipinski definition) is 0. The first-order valence-electron chi connectivity index (χ1n) is 11.5. The van der Waals surface area contributed by atoms with Gasteiger partial charge in [0.15, 0.2) is 24.8 Å². The predicted octanol–water partition coefficient (Wildman–Crippen LogP) is 6.37. The summed E-state index contributed by atoms with van der Waals surface area (Å²) in [5, 5.41) is 0. The van der Waals surface area contributed by atoms with Gasteiger partial charge in [-0.15, -0.1) is 0 Å². The van der Waals surface area contributed by atoms with E-state index in [1.54, 1.807) is 0 Å². The van der Waals surface area contributed by atoms with E-state index in [-0.39, 0.29) is 0 Å². The molecule has 152 valence electrons. The summed E-state index contributed by atoms with van der Waals surface area (Å²) in [6.07, 6.45) is 26.6. The molecule has 0 aromatic carbocycles. The molecule has 2 rings (SSSR count). The Morgan fingerprint density at radius 3 is 1.25 bits per heavy atom. The summed E-state index contributed by atoms with van der Waals surface area (Å²) in [4.78, 5) is 0. The molecule has 2 aromatic rings. The molecule has 0 radical (unpaired) electrons. The Bertz CT molecular complexity index is 596. The minimum absolute atomic E-state index is 1.13. The van der Waals surface area contributed by atoms with Crippen molar-refractivity contribution < 1.29 is 9.13 Å². The minimum atomic E-state index is 1.13. The Hall–Kier alpha value is -1.96. The van der Waals surface area contributed by atoms with Crippen LogP contribution in [0, 0.1) is 0 Å². The number of nitrogens with zero attached hydrogens (tertiary/aromatic N) is 2. The van der Waals surface area contributed by atoms with Gasteiger partial charge in [0, 0.05) is 37.1 Å². The van der Waals surface area contributed by atoms with E-state index in [9.17, 15) is 0 Å². The number of hydrogen-bond acceptors (Lipinski definition) is 0. The molecule has 28 heavy (non-hydrogen) atoms. The van der Waals surface area contributed by atoms with Crippen molar-refractivity contribution in [2.45, 2.75) is 91.1 Å². The van der Waals surface area contributed by atoms with Crippen LogP contribution in [0.3, 0.4) is 0 Å². The smallest absolute Gasteiger partial charge is 0.169 e. The molecular weight excluding hydrogens is 340 g/mol. The molecule has 0 aliphatic heterocycles. The molecule has 0 unspecified atom stereocenters. The highest BCUT2D eigenvalue weighted by atomic mass is 14.9. The fourth-order valence-electron chi connectivity index (χ4n) is 3.45. The lowest BCUT2D eigenvalue weighted by Crippen LogP contribution is -2.32. The molecule has 0 N–H and O–H groups in total. The molecule has 0 aliphatic rings. The van der Waals surface area contributed by atoms with Crippen LogP contribution in [0.2, 0.25) is 0 Å². The van der Waals surface area contributed by atoms with E-state index >= 15 is 0 Å². The van der Waals surface area contributed by atoms with Crippen molar-refractivity contribution in [3.63, 3.8) is 0 Å². The average Bonchev–Trinajstić information content (AvgIpc) is 2.74. The maximum absolute atomic E-state index is 2.30. The number of rotatable bonds is 14. The van der Waals surface area contributed by atoms with Crippen molar-refractivity contribution in [3.8, 4) is 0 Å². The van der Waals surface area contributed by atoms with Crippen LogP contribution in [0.1, 0.15) is 89.2 Å². The normalized spacial score (nSPS) is 11.4. The third-order valence-corrected chi connectivity index (χ3v) is 5.34. The number of aryl methyl sites for hydroxylation is 2. The summed E-state index contributed by atoms with van der Waals surface area (Å²) in [7, 11) is 0. The fraction of sp³-hybridized carbons (Fsp3) is 0.538. The highest BCUT2D eigenvalue weighted by Gasteiger charge is 2.01. The second-order valence-electron chi connectivity index (χ2n) is 7.90. The first kappa shape index (κ1) is 22.3. The largest absolute Gasteiger partial charge is 0.205 e. The van der Waals surface area contributed by atoms with Gasteiger partial charge in [0.2, 0.25) is 0 Å². The lowest BCUT2D eigenvalue weighted by Gasteiger charge is -1.99. The lowest BCUT2D eigenvalue weighted by molar-refractivity contribution is -0.697. The zero-order chi connectivity index (χ0) is 19.9. The van der Waals surface area contributed by atoms with Gasteiger partial charge in [-0.3, -0.25) is 0 Å². The first-order chi connectivity index (χ1) is 13.8. The van der Waals surface area contributed by atoms with Gasteiger partial charge in [-0.2, -0.15) is 0 Å². The third kappa shape index (κ3) is 9.30. The molecule has 2 nitrogen and oxygen atoms in total. The van der Waals surface area contributed by atoms with Crippen LogP contribution < -0.4 is 9.13 Å². The van der Waals surface area contributed by atoms with Gasteiger partial charge in [-0.05, 0) is 24.0 Å². The van der Waals surface area contributed by atoms with E-state index in [1.807, 2.05) is 0 Å². The summed E-state index contributed by atoms with van der Waals surface area (Å²) in [5.74, 6) is 0. The minimum Gasteiger partial charge on any atom is -0.205 e. The van der Waals surface area contributed by atoms with Crippen molar-refractivity contribution in [1.29, 1.82) is 0 Å². The van der Waals surface area contributed by atoms with Gasteiger partial charge >= 0.3 is 0 Å². The van der Waals surface area contributed by atoms with E-state index in [0.717, 1.165) is 13.1 Å². The van der Waals surface area contributed by atoms with Crippen molar-refractivity contribution in [2.24, 2.45) is 0 Å². The summed E-state index contributed by atoms with van der Waals surface area (Å²) >= 11 is 0. The zero-order valence-electron chi connectivity index (χ0n) is 18.2. The quantitative estimate of drug-likeness (QED) is 0.266. The van der Waals surface area contributed by atoms with Crippen LogP contribution in [0.15, 0.2) is 49.1 Å². The van der Waals surface area contributed by atoms with Gasteiger partial charge in [-0.25, -0.2) is 9.13 Å². The van der Waals surface area contributed by atoms with Crippen LogP contribution in [-0.4, -0.2) is 0 Å². The zero-order valence-corrected chi connectivity index (χ0v) is 18.2. The summed E-state index contributed by atoms with van der Waals surface area (Å²) in [6, 6.07) is 8.84. The third-order valence-electron chi connectivity index (χ3n) is 5.34. The van der Waals surface area contributed by atoms with Gasteiger partial charge < -0.3 is 0 Å². The van der Waals surface area contributed by atoms with Gasteiger partial charge in [0.25, 0.3) is 0 Å². The second kappa shape index (κ2) is 14.1. The molecule has 0 spiro atoms. The van der Waals surface area contributed by atoms with Crippen molar-refractivity contribution >= 4 is 12.2 Å². The Kier molecular flexibility index (Phi) is 11.2. The Balaban J connectivity index is 1.73. The number of aromatic nitrogens is 2. The predicted molar refractivity (Wildman–Crippen MR) is 120 cm³/mol. The average molecular weight is 381 g/mol.